The van der Waals surface area contributed by atoms with Crippen molar-refractivity contribution in [3.8, 4) is 0 Å². The summed E-state index contributed by atoms with van der Waals surface area (Å²) >= 11 is 0. The zero-order valence-electron chi connectivity index (χ0n) is 17.0. The first kappa shape index (κ1) is 23.1. The summed E-state index contributed by atoms with van der Waals surface area (Å²) in [7, 11) is 0. The molecule has 0 spiro atoms. The van der Waals surface area contributed by atoms with Gasteiger partial charge >= 0.3 is 17.9 Å². The quantitative estimate of drug-likeness (QED) is 0.373. The van der Waals surface area contributed by atoms with Crippen molar-refractivity contribution in [3.63, 3.8) is 0 Å². The highest BCUT2D eigenvalue weighted by atomic mass is 16.7. The number of carbonyl (C=O) groups is 3. The fraction of sp³-hybridized carbons (Fsp3) is 0.737. The van der Waals surface area contributed by atoms with Crippen LogP contribution in [0.15, 0.2) is 12.2 Å². The Morgan fingerprint density at radius 1 is 1.07 bits per heavy atom. The number of esters is 3. The third kappa shape index (κ3) is 9.53. The topological polar surface area (TPSA) is 97.4 Å². The fourth-order valence-corrected chi connectivity index (χ4v) is 2.49. The molecular weight excluding hydrogens is 356 g/mol. The molecule has 1 aliphatic heterocycles. The van der Waals surface area contributed by atoms with Crippen LogP contribution in [0.25, 0.3) is 0 Å². The van der Waals surface area contributed by atoms with E-state index in [1.807, 2.05) is 0 Å². The van der Waals surface area contributed by atoms with E-state index in [4.69, 9.17) is 23.7 Å². The van der Waals surface area contributed by atoms with Gasteiger partial charge in [-0.2, -0.15) is 0 Å². The first-order valence-electron chi connectivity index (χ1n) is 8.83. The average molecular weight is 386 g/mol. The molecule has 1 aliphatic rings. The Morgan fingerprint density at radius 3 is 2.22 bits per heavy atom. The highest BCUT2D eigenvalue weighted by Crippen LogP contribution is 2.29. The Bertz CT molecular complexity index is 573. The van der Waals surface area contributed by atoms with Gasteiger partial charge in [0.05, 0.1) is 18.6 Å². The molecule has 0 N–H and O–H groups in total. The summed E-state index contributed by atoms with van der Waals surface area (Å²) in [5, 5.41) is 0. The predicted molar refractivity (Wildman–Crippen MR) is 95.6 cm³/mol. The van der Waals surface area contributed by atoms with Crippen molar-refractivity contribution in [2.75, 3.05) is 13.2 Å². The van der Waals surface area contributed by atoms with Crippen LogP contribution in [-0.2, 0) is 38.1 Å². The van der Waals surface area contributed by atoms with Crippen LogP contribution in [0.2, 0.25) is 0 Å². The van der Waals surface area contributed by atoms with E-state index in [9.17, 15) is 14.4 Å². The molecule has 0 bridgehead atoms. The molecule has 154 valence electrons. The molecule has 2 unspecified atom stereocenters. The van der Waals surface area contributed by atoms with Gasteiger partial charge in [0.2, 0.25) is 0 Å². The van der Waals surface area contributed by atoms with Crippen molar-refractivity contribution in [2.24, 2.45) is 0 Å². The summed E-state index contributed by atoms with van der Waals surface area (Å²) in [4.78, 5) is 35.0. The third-order valence-corrected chi connectivity index (χ3v) is 3.34. The molecule has 1 saturated heterocycles. The number of rotatable bonds is 7. The van der Waals surface area contributed by atoms with Crippen LogP contribution in [-0.4, -0.2) is 54.7 Å². The molecule has 1 rings (SSSR count). The van der Waals surface area contributed by atoms with Crippen molar-refractivity contribution < 1.29 is 38.1 Å². The van der Waals surface area contributed by atoms with Crippen molar-refractivity contribution in [1.29, 1.82) is 0 Å². The Morgan fingerprint density at radius 2 is 1.67 bits per heavy atom. The summed E-state index contributed by atoms with van der Waals surface area (Å²) in [5.74, 6) is -2.66. The summed E-state index contributed by atoms with van der Waals surface area (Å²) in [6, 6.07) is 0. The fourth-order valence-electron chi connectivity index (χ4n) is 2.49. The van der Waals surface area contributed by atoms with E-state index < -0.39 is 42.1 Å². The monoisotopic (exact) mass is 386 g/mol. The number of hydrogen-bond acceptors (Lipinski definition) is 8. The second kappa shape index (κ2) is 9.32. The molecular formula is C19H30O8. The minimum atomic E-state index is -0.936. The lowest BCUT2D eigenvalue weighted by molar-refractivity contribution is -0.304. The van der Waals surface area contributed by atoms with Crippen LogP contribution in [0.1, 0.15) is 54.4 Å². The van der Waals surface area contributed by atoms with E-state index in [0.29, 0.717) is 6.42 Å². The molecule has 1 heterocycles. The minimum Gasteiger partial charge on any atom is -0.460 e. The molecule has 0 amide bonds. The average Bonchev–Trinajstić information content (AvgIpc) is 2.46. The minimum absolute atomic E-state index is 0.0406. The number of hydrogen-bond donors (Lipinski definition) is 0. The number of ether oxygens (including phenoxy) is 5. The summed E-state index contributed by atoms with van der Waals surface area (Å²) < 4.78 is 26.6. The van der Waals surface area contributed by atoms with Gasteiger partial charge in [-0.25, -0.2) is 9.59 Å². The zero-order chi connectivity index (χ0) is 20.8. The van der Waals surface area contributed by atoms with E-state index >= 15 is 0 Å². The second-order valence-electron chi connectivity index (χ2n) is 7.95. The second-order valence-corrected chi connectivity index (χ2v) is 7.95. The molecule has 8 heteroatoms. The Kier molecular flexibility index (Phi) is 7.98. The Balaban J connectivity index is 2.50. The summed E-state index contributed by atoms with van der Waals surface area (Å²) in [6.45, 7) is 13.2. The van der Waals surface area contributed by atoms with Crippen LogP contribution in [0, 0.1) is 0 Å². The normalized spacial score (nSPS) is 21.9. The van der Waals surface area contributed by atoms with E-state index in [1.165, 1.54) is 6.92 Å². The van der Waals surface area contributed by atoms with Crippen molar-refractivity contribution in [1.82, 2.24) is 0 Å². The van der Waals surface area contributed by atoms with E-state index in [0.717, 1.165) is 0 Å². The third-order valence-electron chi connectivity index (χ3n) is 3.34. The van der Waals surface area contributed by atoms with Crippen LogP contribution in [0.5, 0.6) is 0 Å². The lowest BCUT2D eigenvalue weighted by Gasteiger charge is -2.40. The van der Waals surface area contributed by atoms with E-state index in [2.05, 4.69) is 6.58 Å². The van der Waals surface area contributed by atoms with Gasteiger partial charge in [0.1, 0.15) is 12.2 Å². The van der Waals surface area contributed by atoms with Gasteiger partial charge in [-0.1, -0.05) is 6.58 Å². The SMILES string of the molecule is C=C(C)C(=O)OCC(=O)OCC1CC(CC(=O)OC(C)(C)C)OC(C)(C)O1. The van der Waals surface area contributed by atoms with Gasteiger partial charge in [-0.3, -0.25) is 4.79 Å². The van der Waals surface area contributed by atoms with Gasteiger partial charge in [0.25, 0.3) is 0 Å². The maximum Gasteiger partial charge on any atom is 0.344 e. The molecule has 0 radical (unpaired) electrons. The molecule has 0 aliphatic carbocycles. The smallest absolute Gasteiger partial charge is 0.344 e. The van der Waals surface area contributed by atoms with Gasteiger partial charge < -0.3 is 23.7 Å². The van der Waals surface area contributed by atoms with E-state index in [1.54, 1.807) is 34.6 Å². The molecule has 27 heavy (non-hydrogen) atoms. The van der Waals surface area contributed by atoms with Crippen LogP contribution < -0.4 is 0 Å². The van der Waals surface area contributed by atoms with E-state index in [-0.39, 0.29) is 24.6 Å². The lowest BCUT2D eigenvalue weighted by atomic mass is 10.1. The van der Waals surface area contributed by atoms with Gasteiger partial charge in [-0.05, 0) is 41.5 Å². The van der Waals surface area contributed by atoms with Gasteiger partial charge in [0.15, 0.2) is 12.4 Å². The summed E-state index contributed by atoms with van der Waals surface area (Å²) in [5.41, 5.74) is -0.379. The lowest BCUT2D eigenvalue weighted by Crippen LogP contribution is -2.47. The first-order chi connectivity index (χ1) is 12.3. The zero-order valence-corrected chi connectivity index (χ0v) is 17.0. The van der Waals surface area contributed by atoms with Crippen molar-refractivity contribution >= 4 is 17.9 Å². The standard InChI is InChI=1S/C19H30O8/c1-12(2)17(22)24-11-16(21)23-10-14-8-13(25-19(6,7)26-14)9-15(20)27-18(3,4)5/h13-14H,1,8-11H2,2-7H3. The Labute approximate surface area is 160 Å². The van der Waals surface area contributed by atoms with Gasteiger partial charge in [0, 0.05) is 12.0 Å². The summed E-state index contributed by atoms with van der Waals surface area (Å²) in [6.07, 6.45) is -0.442. The number of carbonyl (C=O) groups excluding carboxylic acids is 3. The Hall–Kier alpha value is -1.93. The van der Waals surface area contributed by atoms with Crippen LogP contribution in [0.3, 0.4) is 0 Å². The first-order valence-corrected chi connectivity index (χ1v) is 8.83. The van der Waals surface area contributed by atoms with Crippen LogP contribution >= 0.6 is 0 Å². The molecule has 0 aromatic heterocycles. The maximum absolute atomic E-state index is 12.0. The van der Waals surface area contributed by atoms with Crippen molar-refractivity contribution in [3.05, 3.63) is 12.2 Å². The predicted octanol–water partition coefficient (Wildman–Crippen LogP) is 2.29. The molecule has 8 nitrogen and oxygen atoms in total. The maximum atomic E-state index is 12.0. The highest BCUT2D eigenvalue weighted by Gasteiger charge is 2.37. The highest BCUT2D eigenvalue weighted by molar-refractivity contribution is 5.88. The molecule has 0 aromatic carbocycles. The largest absolute Gasteiger partial charge is 0.460 e. The molecule has 2 atom stereocenters. The molecule has 0 aromatic rings. The van der Waals surface area contributed by atoms with Crippen molar-refractivity contribution in [2.45, 2.75) is 78.0 Å². The van der Waals surface area contributed by atoms with Gasteiger partial charge in [-0.15, -0.1) is 0 Å². The molecule has 0 saturated carbocycles. The van der Waals surface area contributed by atoms with Crippen LogP contribution in [0.4, 0.5) is 0 Å². The molecule has 1 fully saturated rings.